The molecule has 1 aromatic carbocycles. The number of pyridine rings is 1. The summed E-state index contributed by atoms with van der Waals surface area (Å²) in [7, 11) is 1.98. The summed E-state index contributed by atoms with van der Waals surface area (Å²) in [5, 5.41) is 4.07. The second-order valence-corrected chi connectivity index (χ2v) is 5.82. The Balaban J connectivity index is 1.98. The van der Waals surface area contributed by atoms with E-state index in [0.717, 1.165) is 5.69 Å². The molecule has 104 valence electrons. The fourth-order valence-electron chi connectivity index (χ4n) is 2.89. The molecule has 2 aromatic rings. The van der Waals surface area contributed by atoms with Crippen LogP contribution in [-0.2, 0) is 0 Å². The Bertz CT molecular complexity index is 576. The van der Waals surface area contributed by atoms with Gasteiger partial charge in [0.25, 0.3) is 0 Å². The van der Waals surface area contributed by atoms with E-state index in [1.807, 2.05) is 19.2 Å². The van der Waals surface area contributed by atoms with Gasteiger partial charge in [0.15, 0.2) is 0 Å². The lowest BCUT2D eigenvalue weighted by molar-refractivity contribution is 0.414. The van der Waals surface area contributed by atoms with Crippen LogP contribution in [0.1, 0.15) is 48.0 Å². The van der Waals surface area contributed by atoms with Gasteiger partial charge in [0.2, 0.25) is 0 Å². The summed E-state index contributed by atoms with van der Waals surface area (Å²) >= 11 is 5.94. The van der Waals surface area contributed by atoms with E-state index in [1.54, 1.807) is 6.20 Å². The van der Waals surface area contributed by atoms with Gasteiger partial charge in [0.1, 0.15) is 0 Å². The Morgan fingerprint density at radius 2 is 2.00 bits per heavy atom. The average Bonchev–Trinajstić information content (AvgIpc) is 2.41. The minimum Gasteiger partial charge on any atom is -0.308 e. The molecule has 1 unspecified atom stereocenters. The van der Waals surface area contributed by atoms with Crippen molar-refractivity contribution < 1.29 is 0 Å². The summed E-state index contributed by atoms with van der Waals surface area (Å²) in [6, 6.07) is 12.8. The van der Waals surface area contributed by atoms with Gasteiger partial charge in [0.05, 0.1) is 16.8 Å². The van der Waals surface area contributed by atoms with Crippen LogP contribution in [0.5, 0.6) is 0 Å². The topological polar surface area (TPSA) is 24.9 Å². The first-order valence-corrected chi connectivity index (χ1v) is 7.55. The zero-order chi connectivity index (χ0) is 13.9. The molecule has 20 heavy (non-hydrogen) atoms. The summed E-state index contributed by atoms with van der Waals surface area (Å²) in [5.41, 5.74) is 3.83. The molecule has 0 aliphatic heterocycles. The van der Waals surface area contributed by atoms with Crippen molar-refractivity contribution in [2.24, 2.45) is 0 Å². The molecule has 0 spiro atoms. The van der Waals surface area contributed by atoms with Crippen LogP contribution in [0, 0.1) is 0 Å². The molecule has 2 nitrogen and oxygen atoms in total. The molecule has 1 aromatic heterocycles. The van der Waals surface area contributed by atoms with Gasteiger partial charge < -0.3 is 5.32 Å². The van der Waals surface area contributed by atoms with Crippen molar-refractivity contribution in [2.75, 3.05) is 7.05 Å². The maximum absolute atomic E-state index is 5.94. The van der Waals surface area contributed by atoms with E-state index in [1.165, 1.54) is 30.4 Å². The predicted octanol–water partition coefficient (Wildman–Crippen LogP) is 4.31. The van der Waals surface area contributed by atoms with Crippen LogP contribution in [0.3, 0.4) is 0 Å². The number of hydrogen-bond donors (Lipinski definition) is 1. The van der Waals surface area contributed by atoms with Gasteiger partial charge in [0, 0.05) is 6.20 Å². The van der Waals surface area contributed by atoms with Crippen molar-refractivity contribution in [1.82, 2.24) is 10.3 Å². The number of benzene rings is 1. The molecule has 1 N–H and O–H groups in total. The average molecular weight is 287 g/mol. The fourth-order valence-corrected chi connectivity index (χ4v) is 3.00. The SMILES string of the molecule is CNC(c1ccc(Cl)cn1)c1ccccc1C1CCC1. The standard InChI is InChI=1S/C17H19ClN2/c1-19-17(16-10-9-13(18)11-20-16)15-8-3-2-7-14(15)12-5-4-6-12/h2-3,7-12,17,19H,4-6H2,1H3. The van der Waals surface area contributed by atoms with Gasteiger partial charge in [-0.25, -0.2) is 0 Å². The summed E-state index contributed by atoms with van der Waals surface area (Å²) in [6.07, 6.45) is 5.68. The molecule has 0 amide bonds. The molecular weight excluding hydrogens is 268 g/mol. The highest BCUT2D eigenvalue weighted by Gasteiger charge is 2.25. The van der Waals surface area contributed by atoms with Crippen LogP contribution < -0.4 is 5.32 Å². The highest BCUT2D eigenvalue weighted by Crippen LogP contribution is 2.40. The van der Waals surface area contributed by atoms with Crippen LogP contribution >= 0.6 is 11.6 Å². The lowest BCUT2D eigenvalue weighted by Gasteiger charge is -2.30. The third kappa shape index (κ3) is 2.58. The van der Waals surface area contributed by atoms with Crippen molar-refractivity contribution in [3.63, 3.8) is 0 Å². The molecule has 1 aliphatic rings. The minimum atomic E-state index is 0.129. The van der Waals surface area contributed by atoms with Gasteiger partial charge in [-0.15, -0.1) is 0 Å². The molecule has 0 radical (unpaired) electrons. The molecule has 3 rings (SSSR count). The molecule has 1 fully saturated rings. The second-order valence-electron chi connectivity index (χ2n) is 5.38. The number of nitrogens with zero attached hydrogens (tertiary/aromatic N) is 1. The van der Waals surface area contributed by atoms with Crippen LogP contribution in [0.15, 0.2) is 42.6 Å². The van der Waals surface area contributed by atoms with Crippen molar-refractivity contribution in [3.8, 4) is 0 Å². The minimum absolute atomic E-state index is 0.129. The number of nitrogens with one attached hydrogen (secondary N) is 1. The summed E-state index contributed by atoms with van der Waals surface area (Å²) in [5.74, 6) is 0.717. The second kappa shape index (κ2) is 5.94. The van der Waals surface area contributed by atoms with Crippen LogP contribution in [0.2, 0.25) is 5.02 Å². The molecule has 1 atom stereocenters. The Kier molecular flexibility index (Phi) is 4.04. The molecule has 1 saturated carbocycles. The zero-order valence-corrected chi connectivity index (χ0v) is 12.4. The van der Waals surface area contributed by atoms with E-state index in [2.05, 4.69) is 34.6 Å². The quantitative estimate of drug-likeness (QED) is 0.906. The number of hydrogen-bond acceptors (Lipinski definition) is 2. The van der Waals surface area contributed by atoms with Crippen molar-refractivity contribution in [3.05, 3.63) is 64.4 Å². The number of halogens is 1. The summed E-state index contributed by atoms with van der Waals surface area (Å²) in [6.45, 7) is 0. The van der Waals surface area contributed by atoms with E-state index >= 15 is 0 Å². The predicted molar refractivity (Wildman–Crippen MR) is 83.2 cm³/mol. The number of rotatable bonds is 4. The molecule has 1 heterocycles. The van der Waals surface area contributed by atoms with E-state index in [-0.39, 0.29) is 6.04 Å². The zero-order valence-electron chi connectivity index (χ0n) is 11.6. The van der Waals surface area contributed by atoms with E-state index in [4.69, 9.17) is 11.6 Å². The van der Waals surface area contributed by atoms with Gasteiger partial charge >= 0.3 is 0 Å². The van der Waals surface area contributed by atoms with Crippen LogP contribution in [0.4, 0.5) is 0 Å². The third-order valence-electron chi connectivity index (χ3n) is 4.19. The first-order chi connectivity index (χ1) is 9.79. The smallest absolute Gasteiger partial charge is 0.0751 e. The van der Waals surface area contributed by atoms with Crippen molar-refractivity contribution >= 4 is 11.6 Å². The molecular formula is C17H19ClN2. The van der Waals surface area contributed by atoms with E-state index in [0.29, 0.717) is 10.9 Å². The van der Waals surface area contributed by atoms with Crippen LogP contribution in [0.25, 0.3) is 0 Å². The number of aromatic nitrogens is 1. The summed E-state index contributed by atoms with van der Waals surface area (Å²) < 4.78 is 0. The molecule has 1 aliphatic carbocycles. The molecule has 0 bridgehead atoms. The highest BCUT2D eigenvalue weighted by molar-refractivity contribution is 6.30. The Labute approximate surface area is 125 Å². The Morgan fingerprint density at radius 3 is 2.60 bits per heavy atom. The third-order valence-corrected chi connectivity index (χ3v) is 4.41. The van der Waals surface area contributed by atoms with Gasteiger partial charge in [-0.1, -0.05) is 42.3 Å². The lowest BCUT2D eigenvalue weighted by Crippen LogP contribution is -2.22. The molecule has 0 saturated heterocycles. The van der Waals surface area contributed by atoms with Crippen molar-refractivity contribution in [1.29, 1.82) is 0 Å². The Hall–Kier alpha value is -1.38. The summed E-state index contributed by atoms with van der Waals surface area (Å²) in [4.78, 5) is 4.48. The first kappa shape index (κ1) is 13.6. The van der Waals surface area contributed by atoms with E-state index in [9.17, 15) is 0 Å². The molecule has 3 heteroatoms. The van der Waals surface area contributed by atoms with E-state index < -0.39 is 0 Å². The first-order valence-electron chi connectivity index (χ1n) is 7.17. The maximum atomic E-state index is 5.94. The monoisotopic (exact) mass is 286 g/mol. The highest BCUT2D eigenvalue weighted by atomic mass is 35.5. The normalized spacial score (nSPS) is 16.7. The van der Waals surface area contributed by atoms with Crippen LogP contribution in [-0.4, -0.2) is 12.0 Å². The lowest BCUT2D eigenvalue weighted by atomic mass is 9.77. The van der Waals surface area contributed by atoms with Gasteiger partial charge in [-0.3, -0.25) is 4.98 Å². The van der Waals surface area contributed by atoms with Crippen molar-refractivity contribution in [2.45, 2.75) is 31.2 Å². The largest absolute Gasteiger partial charge is 0.308 e. The maximum Gasteiger partial charge on any atom is 0.0751 e. The fraction of sp³-hybridized carbons (Fsp3) is 0.353. The Morgan fingerprint density at radius 1 is 1.20 bits per heavy atom. The van der Waals surface area contributed by atoms with Gasteiger partial charge in [-0.05, 0) is 49.1 Å². The van der Waals surface area contributed by atoms with Gasteiger partial charge in [-0.2, -0.15) is 0 Å².